The van der Waals surface area contributed by atoms with Crippen molar-refractivity contribution in [3.63, 3.8) is 0 Å². The van der Waals surface area contributed by atoms with Gasteiger partial charge in [0.2, 0.25) is 0 Å². The molecule has 0 spiro atoms. The Hall–Kier alpha value is -0.540. The molecule has 0 bridgehead atoms. The molecule has 0 radical (unpaired) electrons. The van der Waals surface area contributed by atoms with E-state index in [1.165, 1.54) is 54.7 Å². The van der Waals surface area contributed by atoms with Crippen LogP contribution in [-0.4, -0.2) is 11.1 Å². The molecule has 1 aliphatic carbocycles. The van der Waals surface area contributed by atoms with Crippen LogP contribution >= 0.6 is 22.9 Å². The smallest absolute Gasteiger partial charge is 0.338 e. The lowest BCUT2D eigenvalue weighted by molar-refractivity contribution is 0.0696. The highest BCUT2D eigenvalue weighted by Gasteiger charge is 2.21. The number of carboxylic acid groups (broad SMARTS) is 1. The minimum Gasteiger partial charge on any atom is -0.478 e. The molecule has 1 aromatic rings. The van der Waals surface area contributed by atoms with Crippen LogP contribution in [0.4, 0.5) is 0 Å². The van der Waals surface area contributed by atoms with Crippen molar-refractivity contribution < 1.29 is 9.90 Å². The van der Waals surface area contributed by atoms with Crippen LogP contribution in [0, 0.1) is 0 Å². The predicted octanol–water partition coefficient (Wildman–Crippen LogP) is 5.32. The number of halogens is 1. The molecule has 1 aliphatic rings. The van der Waals surface area contributed by atoms with Crippen molar-refractivity contribution in [2.45, 2.75) is 64.2 Å². The van der Waals surface area contributed by atoms with Gasteiger partial charge in [0.05, 0.1) is 5.56 Å². The van der Waals surface area contributed by atoms with Crippen LogP contribution in [-0.2, 0) is 12.8 Å². The van der Waals surface area contributed by atoms with Crippen molar-refractivity contribution in [1.82, 2.24) is 0 Å². The van der Waals surface area contributed by atoms with E-state index in [4.69, 9.17) is 11.6 Å². The summed E-state index contributed by atoms with van der Waals surface area (Å²) in [6.07, 6.45) is 11.8. The Labute approximate surface area is 123 Å². The maximum absolute atomic E-state index is 11.4. The molecule has 2 rings (SSSR count). The summed E-state index contributed by atoms with van der Waals surface area (Å²) in [6.45, 7) is 0. The molecule has 0 unspecified atom stereocenters. The van der Waals surface area contributed by atoms with Gasteiger partial charge in [-0.25, -0.2) is 4.79 Å². The van der Waals surface area contributed by atoms with Crippen LogP contribution in [0.1, 0.15) is 72.2 Å². The van der Waals surface area contributed by atoms with Crippen molar-refractivity contribution >= 4 is 28.9 Å². The third-order valence-electron chi connectivity index (χ3n) is 3.84. The molecular formula is C15H21ClO2S. The van der Waals surface area contributed by atoms with Crippen molar-refractivity contribution in [2.75, 3.05) is 0 Å². The van der Waals surface area contributed by atoms with E-state index >= 15 is 0 Å². The first-order valence-electron chi connectivity index (χ1n) is 7.23. The summed E-state index contributed by atoms with van der Waals surface area (Å²) in [5.41, 5.74) is 1.39. The molecule has 1 heterocycles. The summed E-state index contributed by atoms with van der Waals surface area (Å²) in [4.78, 5) is 12.6. The zero-order valence-electron chi connectivity index (χ0n) is 11.2. The number of aryl methyl sites for hydroxylation is 1. The normalized spacial score (nSPS) is 18.2. The molecule has 1 N–H and O–H groups in total. The van der Waals surface area contributed by atoms with Gasteiger partial charge < -0.3 is 5.11 Å². The van der Waals surface area contributed by atoms with Crippen molar-refractivity contribution in [2.24, 2.45) is 0 Å². The summed E-state index contributed by atoms with van der Waals surface area (Å²) in [5, 5.41) is 9.32. The molecule has 0 amide bonds. The predicted molar refractivity (Wildman–Crippen MR) is 80.6 cm³/mol. The molecule has 0 aliphatic heterocycles. The van der Waals surface area contributed by atoms with E-state index < -0.39 is 5.97 Å². The first-order valence-corrected chi connectivity index (χ1v) is 8.43. The highest BCUT2D eigenvalue weighted by Crippen LogP contribution is 2.35. The topological polar surface area (TPSA) is 37.3 Å². The standard InChI is InChI=1S/C15H21ClO2S/c16-14-13(15(17)18)11-9-7-5-3-1-2-4-6-8-10-12(11)19-14/h1-10H2,(H,17,18). The fourth-order valence-electron chi connectivity index (χ4n) is 2.81. The van der Waals surface area contributed by atoms with E-state index in [2.05, 4.69) is 0 Å². The molecule has 0 atom stereocenters. The molecule has 0 saturated carbocycles. The van der Waals surface area contributed by atoms with Gasteiger partial charge in [0.25, 0.3) is 0 Å². The second kappa shape index (κ2) is 7.30. The van der Waals surface area contributed by atoms with Crippen LogP contribution in [0.15, 0.2) is 0 Å². The van der Waals surface area contributed by atoms with E-state index in [0.717, 1.165) is 31.2 Å². The minimum atomic E-state index is -0.866. The van der Waals surface area contributed by atoms with Gasteiger partial charge in [-0.15, -0.1) is 11.3 Å². The lowest BCUT2D eigenvalue weighted by Crippen LogP contribution is -2.02. The first kappa shape index (κ1) is 14.9. The van der Waals surface area contributed by atoms with Crippen molar-refractivity contribution in [1.29, 1.82) is 0 Å². The number of carbonyl (C=O) groups is 1. The number of aromatic carboxylic acids is 1. The molecule has 106 valence electrons. The minimum absolute atomic E-state index is 0.374. The second-order valence-electron chi connectivity index (χ2n) is 5.29. The number of thiophene rings is 1. The summed E-state index contributed by atoms with van der Waals surface area (Å²) in [5.74, 6) is -0.866. The van der Waals surface area contributed by atoms with Gasteiger partial charge in [-0.1, -0.05) is 50.1 Å². The highest BCUT2D eigenvalue weighted by atomic mass is 35.5. The van der Waals surface area contributed by atoms with Gasteiger partial charge in [-0.05, 0) is 31.2 Å². The number of hydrogen-bond acceptors (Lipinski definition) is 2. The van der Waals surface area contributed by atoms with Crippen LogP contribution < -0.4 is 0 Å². The van der Waals surface area contributed by atoms with Crippen LogP contribution in [0.25, 0.3) is 0 Å². The van der Waals surface area contributed by atoms with Gasteiger partial charge in [0.1, 0.15) is 4.34 Å². The zero-order valence-corrected chi connectivity index (χ0v) is 12.8. The Morgan fingerprint density at radius 2 is 1.47 bits per heavy atom. The van der Waals surface area contributed by atoms with Gasteiger partial charge in [0.15, 0.2) is 0 Å². The summed E-state index contributed by atoms with van der Waals surface area (Å²) in [7, 11) is 0. The SMILES string of the molecule is O=C(O)c1c(Cl)sc2c1CCCCCCCCCC2. The van der Waals surface area contributed by atoms with E-state index in [1.54, 1.807) is 0 Å². The molecule has 0 saturated heterocycles. The quantitative estimate of drug-likeness (QED) is 0.762. The van der Waals surface area contributed by atoms with Crippen LogP contribution in [0.5, 0.6) is 0 Å². The second-order valence-corrected chi connectivity index (χ2v) is 6.99. The Morgan fingerprint density at radius 3 is 2.05 bits per heavy atom. The Morgan fingerprint density at radius 1 is 0.947 bits per heavy atom. The number of hydrogen-bond donors (Lipinski definition) is 1. The molecule has 2 nitrogen and oxygen atoms in total. The van der Waals surface area contributed by atoms with Gasteiger partial charge in [-0.2, -0.15) is 0 Å². The lowest BCUT2D eigenvalue weighted by Gasteiger charge is -2.08. The molecule has 0 fully saturated rings. The van der Waals surface area contributed by atoms with E-state index in [0.29, 0.717) is 9.90 Å². The largest absolute Gasteiger partial charge is 0.478 e. The van der Waals surface area contributed by atoms with Crippen molar-refractivity contribution in [3.05, 3.63) is 20.3 Å². The van der Waals surface area contributed by atoms with E-state index in [1.807, 2.05) is 0 Å². The van der Waals surface area contributed by atoms with E-state index in [-0.39, 0.29) is 0 Å². The molecular weight excluding hydrogens is 280 g/mol. The summed E-state index contributed by atoms with van der Waals surface area (Å²) < 4.78 is 0.465. The van der Waals surface area contributed by atoms with Gasteiger partial charge in [-0.3, -0.25) is 0 Å². The third-order valence-corrected chi connectivity index (χ3v) is 5.34. The Bertz CT molecular complexity index is 440. The van der Waals surface area contributed by atoms with Crippen LogP contribution in [0.3, 0.4) is 0 Å². The summed E-state index contributed by atoms with van der Waals surface area (Å²) in [6, 6.07) is 0. The van der Waals surface area contributed by atoms with Gasteiger partial charge in [0, 0.05) is 4.88 Å². The molecule has 0 aromatic carbocycles. The zero-order chi connectivity index (χ0) is 13.7. The number of carboxylic acids is 1. The maximum atomic E-state index is 11.4. The first-order chi connectivity index (χ1) is 9.20. The fraction of sp³-hybridized carbons (Fsp3) is 0.667. The highest BCUT2D eigenvalue weighted by molar-refractivity contribution is 7.16. The fourth-order valence-corrected chi connectivity index (χ4v) is 4.38. The van der Waals surface area contributed by atoms with Crippen molar-refractivity contribution in [3.8, 4) is 0 Å². The number of rotatable bonds is 1. The third kappa shape index (κ3) is 3.96. The van der Waals surface area contributed by atoms with E-state index in [9.17, 15) is 9.90 Å². The molecule has 19 heavy (non-hydrogen) atoms. The average Bonchev–Trinajstić information content (AvgIpc) is 2.65. The lowest BCUT2D eigenvalue weighted by atomic mass is 9.98. The Kier molecular flexibility index (Phi) is 5.71. The van der Waals surface area contributed by atoms with Crippen LogP contribution in [0.2, 0.25) is 4.34 Å². The molecule has 1 aromatic heterocycles. The number of fused-ring (bicyclic) bond motifs is 1. The maximum Gasteiger partial charge on any atom is 0.338 e. The summed E-state index contributed by atoms with van der Waals surface area (Å²) >= 11 is 7.60. The average molecular weight is 301 g/mol. The monoisotopic (exact) mass is 300 g/mol. The molecule has 4 heteroatoms. The Balaban J connectivity index is 2.20. The van der Waals surface area contributed by atoms with Gasteiger partial charge >= 0.3 is 5.97 Å².